The quantitative estimate of drug-likeness (QED) is 0.0222. The van der Waals surface area contributed by atoms with Crippen LogP contribution in [0.15, 0.2) is 0 Å². The number of carbonyl (C=O) groups excluding carboxylic acids is 4. The summed E-state index contributed by atoms with van der Waals surface area (Å²) in [5.41, 5.74) is 0. The van der Waals surface area contributed by atoms with Gasteiger partial charge in [-0.05, 0) is 37.5 Å². The van der Waals surface area contributed by atoms with Crippen LogP contribution in [0.2, 0.25) is 0 Å². The van der Waals surface area contributed by atoms with Crippen LogP contribution < -0.4 is 0 Å². The van der Waals surface area contributed by atoms with E-state index in [9.17, 15) is 43.2 Å². The maximum Gasteiger partial charge on any atom is 0.472 e. The number of rotatable bonds is 60. The Bertz CT molecular complexity index is 1580. The van der Waals surface area contributed by atoms with Gasteiger partial charge in [0.05, 0.1) is 26.4 Å². The van der Waals surface area contributed by atoms with Gasteiger partial charge in [-0.15, -0.1) is 0 Å². The van der Waals surface area contributed by atoms with Crippen LogP contribution in [0.1, 0.15) is 298 Å². The summed E-state index contributed by atoms with van der Waals surface area (Å²) in [5.74, 6) is -0.651. The zero-order valence-electron chi connectivity index (χ0n) is 51.4. The Kier molecular flexibility index (Phi) is 52.5. The molecule has 474 valence electrons. The van der Waals surface area contributed by atoms with Gasteiger partial charge in [0, 0.05) is 25.7 Å². The molecule has 0 aromatic carbocycles. The molecule has 0 aromatic rings. The van der Waals surface area contributed by atoms with Crippen molar-refractivity contribution in [2.75, 3.05) is 39.6 Å². The molecule has 0 rings (SSSR count). The highest BCUT2D eigenvalue weighted by Gasteiger charge is 2.30. The lowest BCUT2D eigenvalue weighted by Gasteiger charge is -2.21. The molecule has 0 radical (unpaired) electrons. The van der Waals surface area contributed by atoms with E-state index in [1.165, 1.54) is 109 Å². The van der Waals surface area contributed by atoms with Crippen LogP contribution in [0.5, 0.6) is 0 Å². The summed E-state index contributed by atoms with van der Waals surface area (Å²) in [5, 5.41) is 10.5. The van der Waals surface area contributed by atoms with E-state index in [0.717, 1.165) is 102 Å². The minimum absolute atomic E-state index is 0.102. The predicted molar refractivity (Wildman–Crippen MR) is 317 cm³/mol. The van der Waals surface area contributed by atoms with Gasteiger partial charge < -0.3 is 33.8 Å². The van der Waals surface area contributed by atoms with Gasteiger partial charge in [-0.2, -0.15) is 0 Å². The molecule has 0 heterocycles. The van der Waals surface area contributed by atoms with E-state index < -0.39 is 97.5 Å². The summed E-state index contributed by atoms with van der Waals surface area (Å²) in [6, 6.07) is 0. The molecular formula is C61H118O17P2. The Morgan fingerprint density at radius 3 is 0.950 bits per heavy atom. The summed E-state index contributed by atoms with van der Waals surface area (Å²) in [6.07, 6.45) is 35.1. The second-order valence-corrected chi connectivity index (χ2v) is 25.7. The van der Waals surface area contributed by atoms with Crippen molar-refractivity contribution >= 4 is 39.5 Å². The maximum absolute atomic E-state index is 12.9. The van der Waals surface area contributed by atoms with Crippen LogP contribution in [0, 0.1) is 11.8 Å². The van der Waals surface area contributed by atoms with Gasteiger partial charge in [0.2, 0.25) is 0 Å². The first-order valence-electron chi connectivity index (χ1n) is 32.0. The van der Waals surface area contributed by atoms with Crippen molar-refractivity contribution in [1.82, 2.24) is 0 Å². The number of unbranched alkanes of at least 4 members (excludes halogenated alkanes) is 29. The van der Waals surface area contributed by atoms with Crippen molar-refractivity contribution in [1.29, 1.82) is 0 Å². The Hall–Kier alpha value is -1.94. The van der Waals surface area contributed by atoms with Crippen molar-refractivity contribution < 1.29 is 80.2 Å². The molecule has 0 saturated carbocycles. The third kappa shape index (κ3) is 54.0. The molecule has 80 heavy (non-hydrogen) atoms. The lowest BCUT2D eigenvalue weighted by molar-refractivity contribution is -0.161. The van der Waals surface area contributed by atoms with E-state index in [1.54, 1.807) is 0 Å². The number of carbonyl (C=O) groups is 4. The Balaban J connectivity index is 5.19. The molecule has 19 heteroatoms. The van der Waals surface area contributed by atoms with E-state index in [2.05, 4.69) is 41.5 Å². The van der Waals surface area contributed by atoms with Gasteiger partial charge in [0.25, 0.3) is 0 Å². The van der Waals surface area contributed by atoms with Crippen LogP contribution >= 0.6 is 15.6 Å². The number of esters is 4. The lowest BCUT2D eigenvalue weighted by Crippen LogP contribution is -2.30. The first-order valence-corrected chi connectivity index (χ1v) is 35.0. The van der Waals surface area contributed by atoms with E-state index in [4.69, 9.17) is 37.0 Å². The summed E-state index contributed by atoms with van der Waals surface area (Å²) in [4.78, 5) is 71.8. The van der Waals surface area contributed by atoms with Gasteiger partial charge in [-0.25, -0.2) is 9.13 Å². The van der Waals surface area contributed by atoms with Crippen molar-refractivity contribution in [3.05, 3.63) is 0 Å². The summed E-state index contributed by atoms with van der Waals surface area (Å²) in [7, 11) is -9.87. The second-order valence-electron chi connectivity index (χ2n) is 22.8. The van der Waals surface area contributed by atoms with Crippen molar-refractivity contribution in [2.24, 2.45) is 11.8 Å². The topological polar surface area (TPSA) is 237 Å². The van der Waals surface area contributed by atoms with E-state index in [0.29, 0.717) is 31.6 Å². The fraction of sp³-hybridized carbons (Fsp3) is 0.934. The van der Waals surface area contributed by atoms with E-state index in [1.807, 2.05) is 0 Å². The normalized spacial score (nSPS) is 14.7. The number of phosphoric acid groups is 2. The van der Waals surface area contributed by atoms with Crippen LogP contribution in [0.25, 0.3) is 0 Å². The molecule has 0 saturated heterocycles. The molecule has 0 fully saturated rings. The molecule has 0 aliphatic heterocycles. The predicted octanol–water partition coefficient (Wildman–Crippen LogP) is 16.5. The van der Waals surface area contributed by atoms with Gasteiger partial charge in [0.1, 0.15) is 19.3 Å². The number of aliphatic hydroxyl groups is 1. The molecule has 3 N–H and O–H groups in total. The molecule has 0 amide bonds. The van der Waals surface area contributed by atoms with Crippen LogP contribution in [-0.2, 0) is 65.4 Å². The standard InChI is InChI=1S/C61H118O17P2/c1-7-10-12-14-15-16-17-21-26-32-38-44-59(64)72-50-57(78-60(65)45-39-33-27-22-19-18-20-25-31-36-42-54(6)9-3)52-76-80(69,70)74-48-55(62)47-73-79(67,68)75-51-56(49-71-58(63)43-37-29-13-11-8-2)77-61(66)46-40-34-28-23-24-30-35-41-53(4)5/h53-57,62H,7-52H2,1-6H3,(H,67,68)(H,69,70)/t54?,55-,56+,57+/m0/s1. The average molecular weight is 1190 g/mol. The van der Waals surface area contributed by atoms with Crippen LogP contribution in [0.3, 0.4) is 0 Å². The highest BCUT2D eigenvalue weighted by molar-refractivity contribution is 7.47. The van der Waals surface area contributed by atoms with Crippen LogP contribution in [0.4, 0.5) is 0 Å². The third-order valence-corrected chi connectivity index (χ3v) is 16.2. The molecule has 6 atom stereocenters. The summed E-state index contributed by atoms with van der Waals surface area (Å²) < 4.78 is 67.7. The van der Waals surface area contributed by atoms with Gasteiger partial charge in [0.15, 0.2) is 12.2 Å². The van der Waals surface area contributed by atoms with Crippen molar-refractivity contribution in [3.8, 4) is 0 Å². The van der Waals surface area contributed by atoms with Crippen molar-refractivity contribution in [2.45, 2.75) is 317 Å². The molecule has 0 bridgehead atoms. The third-order valence-electron chi connectivity index (χ3n) is 14.3. The molecular weight excluding hydrogens is 1070 g/mol. The number of hydrogen-bond acceptors (Lipinski definition) is 15. The zero-order valence-corrected chi connectivity index (χ0v) is 53.2. The fourth-order valence-electron chi connectivity index (χ4n) is 8.97. The largest absolute Gasteiger partial charge is 0.472 e. The highest BCUT2D eigenvalue weighted by Crippen LogP contribution is 2.45. The monoisotopic (exact) mass is 1180 g/mol. The van der Waals surface area contributed by atoms with Crippen LogP contribution in [-0.4, -0.2) is 96.7 Å². The first-order chi connectivity index (χ1) is 38.4. The molecule has 0 spiro atoms. The van der Waals surface area contributed by atoms with E-state index >= 15 is 0 Å². The number of aliphatic hydroxyl groups excluding tert-OH is 1. The molecule has 17 nitrogen and oxygen atoms in total. The fourth-order valence-corrected chi connectivity index (χ4v) is 10.5. The molecule has 0 aliphatic rings. The Labute approximate surface area is 486 Å². The number of ether oxygens (including phenoxy) is 4. The van der Waals surface area contributed by atoms with Gasteiger partial charge in [-0.1, -0.05) is 247 Å². The Morgan fingerprint density at radius 1 is 0.362 bits per heavy atom. The molecule has 0 aliphatic carbocycles. The zero-order chi connectivity index (χ0) is 59.4. The van der Waals surface area contributed by atoms with E-state index in [-0.39, 0.29) is 25.7 Å². The van der Waals surface area contributed by atoms with Crippen molar-refractivity contribution in [3.63, 3.8) is 0 Å². The Morgan fingerprint density at radius 2 is 0.637 bits per heavy atom. The number of hydrogen-bond donors (Lipinski definition) is 3. The molecule has 3 unspecified atom stereocenters. The summed E-state index contributed by atoms with van der Waals surface area (Å²) in [6.45, 7) is 9.34. The SMILES string of the molecule is CCCCCCCCCCCCCC(=O)OC[C@H](COP(=O)(O)OC[C@@H](O)COP(=O)(O)OC[C@@H](COC(=O)CCCCCCC)OC(=O)CCCCCCCCCC(C)C)OC(=O)CCCCCCCCCCCCC(C)CC. The minimum atomic E-state index is -4.94. The number of phosphoric ester groups is 2. The minimum Gasteiger partial charge on any atom is -0.462 e. The highest BCUT2D eigenvalue weighted by atomic mass is 31.2. The molecule has 0 aromatic heterocycles. The second kappa shape index (κ2) is 53.8. The maximum atomic E-state index is 12.9. The van der Waals surface area contributed by atoms with Gasteiger partial charge >= 0.3 is 39.5 Å². The smallest absolute Gasteiger partial charge is 0.462 e. The lowest BCUT2D eigenvalue weighted by atomic mass is 9.99. The average Bonchev–Trinajstić information content (AvgIpc) is 3.42. The van der Waals surface area contributed by atoms with Gasteiger partial charge in [-0.3, -0.25) is 37.3 Å². The first kappa shape index (κ1) is 78.1. The summed E-state index contributed by atoms with van der Waals surface area (Å²) >= 11 is 0.